The molecule has 3 aliphatic heterocycles. The van der Waals surface area contributed by atoms with Crippen LogP contribution in [0.25, 0.3) is 0 Å². The van der Waals surface area contributed by atoms with Gasteiger partial charge in [0.15, 0.2) is 0 Å². The zero-order valence-electron chi connectivity index (χ0n) is 12.8. The summed E-state index contributed by atoms with van der Waals surface area (Å²) < 4.78 is 0. The number of piperazine rings is 1. The fraction of sp³-hybridized carbons (Fsp3) is 0.933. The monoisotopic (exact) mass is 280 g/mol. The zero-order chi connectivity index (χ0) is 14.1. The number of likely N-dealkylation sites (N-methyl/N-ethyl adjacent to an activating group) is 1. The Balaban J connectivity index is 1.74. The van der Waals surface area contributed by atoms with E-state index < -0.39 is 0 Å². The second-order valence-corrected chi connectivity index (χ2v) is 6.65. The topological polar surface area (TPSA) is 38.8 Å². The SMILES string of the molecule is CN(C)C(=O)C1CNCCN1C1CCN2CCCCC12. The van der Waals surface area contributed by atoms with Crippen LogP contribution in [0, 0.1) is 0 Å². The lowest BCUT2D eigenvalue weighted by molar-refractivity contribution is -0.136. The molecule has 0 aromatic heterocycles. The van der Waals surface area contributed by atoms with Gasteiger partial charge in [0.05, 0.1) is 0 Å². The molecular weight excluding hydrogens is 252 g/mol. The van der Waals surface area contributed by atoms with Gasteiger partial charge in [-0.3, -0.25) is 14.6 Å². The minimum absolute atomic E-state index is 0.0330. The van der Waals surface area contributed by atoms with E-state index in [-0.39, 0.29) is 11.9 Å². The zero-order valence-corrected chi connectivity index (χ0v) is 12.8. The fourth-order valence-corrected chi connectivity index (χ4v) is 4.25. The Morgan fingerprint density at radius 3 is 2.75 bits per heavy atom. The van der Waals surface area contributed by atoms with Gasteiger partial charge in [0.1, 0.15) is 6.04 Å². The molecule has 0 saturated carbocycles. The van der Waals surface area contributed by atoms with Gasteiger partial charge in [-0.1, -0.05) is 6.42 Å². The van der Waals surface area contributed by atoms with Gasteiger partial charge in [-0.15, -0.1) is 0 Å². The van der Waals surface area contributed by atoms with Crippen molar-refractivity contribution in [3.8, 4) is 0 Å². The third-order valence-corrected chi connectivity index (χ3v) is 5.26. The number of rotatable bonds is 2. The molecule has 3 rings (SSSR count). The van der Waals surface area contributed by atoms with Crippen LogP contribution in [0.5, 0.6) is 0 Å². The third-order valence-electron chi connectivity index (χ3n) is 5.26. The highest BCUT2D eigenvalue weighted by atomic mass is 16.2. The molecule has 20 heavy (non-hydrogen) atoms. The molecule has 114 valence electrons. The van der Waals surface area contributed by atoms with E-state index in [1.165, 1.54) is 38.8 Å². The van der Waals surface area contributed by atoms with Crippen molar-refractivity contribution < 1.29 is 4.79 Å². The standard InChI is InChI=1S/C15H28N4O/c1-17(2)15(20)14-11-16-7-10-19(14)13-6-9-18-8-4-3-5-12(13)18/h12-14,16H,3-11H2,1-2H3. The van der Waals surface area contributed by atoms with Gasteiger partial charge in [-0.05, 0) is 25.8 Å². The number of fused-ring (bicyclic) bond motifs is 1. The quantitative estimate of drug-likeness (QED) is 0.771. The molecule has 3 heterocycles. The number of nitrogens with one attached hydrogen (secondary N) is 1. The van der Waals surface area contributed by atoms with Crippen molar-refractivity contribution >= 4 is 5.91 Å². The molecule has 0 radical (unpaired) electrons. The van der Waals surface area contributed by atoms with E-state index >= 15 is 0 Å². The van der Waals surface area contributed by atoms with E-state index in [0.29, 0.717) is 12.1 Å². The van der Waals surface area contributed by atoms with Gasteiger partial charge in [0.25, 0.3) is 0 Å². The molecule has 3 saturated heterocycles. The summed E-state index contributed by atoms with van der Waals surface area (Å²) in [5, 5.41) is 3.39. The third kappa shape index (κ3) is 2.59. The Hall–Kier alpha value is -0.650. The number of hydrogen-bond acceptors (Lipinski definition) is 4. The first-order chi connectivity index (χ1) is 9.68. The van der Waals surface area contributed by atoms with Gasteiger partial charge in [-0.2, -0.15) is 0 Å². The molecule has 3 fully saturated rings. The van der Waals surface area contributed by atoms with Crippen LogP contribution in [-0.4, -0.2) is 85.6 Å². The number of carbonyl (C=O) groups excluding carboxylic acids is 1. The van der Waals surface area contributed by atoms with Gasteiger partial charge < -0.3 is 10.2 Å². The largest absolute Gasteiger partial charge is 0.347 e. The van der Waals surface area contributed by atoms with Crippen LogP contribution in [0.4, 0.5) is 0 Å². The molecule has 0 aromatic rings. The Kier molecular flexibility index (Phi) is 4.29. The van der Waals surface area contributed by atoms with Crippen LogP contribution < -0.4 is 5.32 Å². The molecule has 1 amide bonds. The van der Waals surface area contributed by atoms with Crippen molar-refractivity contribution in [2.45, 2.75) is 43.8 Å². The first kappa shape index (κ1) is 14.3. The van der Waals surface area contributed by atoms with Gasteiger partial charge in [-0.25, -0.2) is 0 Å². The maximum Gasteiger partial charge on any atom is 0.240 e. The molecule has 5 heteroatoms. The van der Waals surface area contributed by atoms with Gasteiger partial charge >= 0.3 is 0 Å². The molecule has 0 bridgehead atoms. The predicted molar refractivity (Wildman–Crippen MR) is 79.7 cm³/mol. The van der Waals surface area contributed by atoms with E-state index in [4.69, 9.17) is 0 Å². The summed E-state index contributed by atoms with van der Waals surface area (Å²) >= 11 is 0. The number of amides is 1. The Morgan fingerprint density at radius 2 is 1.95 bits per heavy atom. The molecule has 1 N–H and O–H groups in total. The average molecular weight is 280 g/mol. The smallest absolute Gasteiger partial charge is 0.240 e. The number of nitrogens with zero attached hydrogens (tertiary/aromatic N) is 3. The van der Waals surface area contributed by atoms with Crippen LogP contribution in [0.1, 0.15) is 25.7 Å². The minimum atomic E-state index is 0.0330. The van der Waals surface area contributed by atoms with Crippen molar-refractivity contribution in [3.05, 3.63) is 0 Å². The fourth-order valence-electron chi connectivity index (χ4n) is 4.25. The Morgan fingerprint density at radius 1 is 1.10 bits per heavy atom. The van der Waals surface area contributed by atoms with Crippen LogP contribution in [-0.2, 0) is 4.79 Å². The number of hydrogen-bond donors (Lipinski definition) is 1. The summed E-state index contributed by atoms with van der Waals surface area (Å²) in [7, 11) is 3.74. The van der Waals surface area contributed by atoms with Crippen molar-refractivity contribution in [3.63, 3.8) is 0 Å². The van der Waals surface area contributed by atoms with Crippen molar-refractivity contribution in [2.75, 3.05) is 46.8 Å². The lowest BCUT2D eigenvalue weighted by atomic mass is 9.95. The number of piperidine rings is 1. The highest BCUT2D eigenvalue weighted by Gasteiger charge is 2.43. The summed E-state index contributed by atoms with van der Waals surface area (Å²) in [5.74, 6) is 0.256. The molecule has 0 aromatic carbocycles. The highest BCUT2D eigenvalue weighted by Crippen LogP contribution is 2.31. The molecule has 3 atom stereocenters. The second-order valence-electron chi connectivity index (χ2n) is 6.65. The van der Waals surface area contributed by atoms with Crippen LogP contribution in [0.15, 0.2) is 0 Å². The number of carbonyl (C=O) groups is 1. The summed E-state index contributed by atoms with van der Waals surface area (Å²) in [4.78, 5) is 19.4. The van der Waals surface area contributed by atoms with Gasteiger partial charge in [0.2, 0.25) is 5.91 Å². The summed E-state index contributed by atoms with van der Waals surface area (Å²) in [6.07, 6.45) is 5.26. The van der Waals surface area contributed by atoms with E-state index in [2.05, 4.69) is 15.1 Å². The highest BCUT2D eigenvalue weighted by molar-refractivity contribution is 5.81. The first-order valence-electron chi connectivity index (χ1n) is 8.10. The Bertz CT molecular complexity index is 360. The van der Waals surface area contributed by atoms with Crippen molar-refractivity contribution in [1.82, 2.24) is 20.0 Å². The summed E-state index contributed by atoms with van der Waals surface area (Å²) in [6.45, 7) is 5.32. The van der Waals surface area contributed by atoms with E-state index in [0.717, 1.165) is 19.6 Å². The first-order valence-corrected chi connectivity index (χ1v) is 8.10. The summed E-state index contributed by atoms with van der Waals surface area (Å²) in [6, 6.07) is 1.32. The van der Waals surface area contributed by atoms with Crippen LogP contribution >= 0.6 is 0 Å². The van der Waals surface area contributed by atoms with Gasteiger partial charge in [0, 0.05) is 52.4 Å². The van der Waals surface area contributed by atoms with E-state index in [9.17, 15) is 4.79 Å². The average Bonchev–Trinajstić information content (AvgIpc) is 2.90. The molecule has 0 aliphatic carbocycles. The van der Waals surface area contributed by atoms with Crippen molar-refractivity contribution in [1.29, 1.82) is 0 Å². The molecule has 3 aliphatic rings. The lowest BCUT2D eigenvalue weighted by Crippen LogP contribution is -2.62. The molecule has 3 unspecified atom stereocenters. The Labute approximate surface area is 122 Å². The van der Waals surface area contributed by atoms with E-state index in [1.807, 2.05) is 14.1 Å². The van der Waals surface area contributed by atoms with Crippen LogP contribution in [0.2, 0.25) is 0 Å². The molecular formula is C15H28N4O. The molecule has 5 nitrogen and oxygen atoms in total. The van der Waals surface area contributed by atoms with Crippen LogP contribution in [0.3, 0.4) is 0 Å². The normalized spacial score (nSPS) is 35.8. The molecule has 0 spiro atoms. The second kappa shape index (κ2) is 6.00. The minimum Gasteiger partial charge on any atom is -0.347 e. The van der Waals surface area contributed by atoms with E-state index in [1.54, 1.807) is 4.90 Å². The maximum absolute atomic E-state index is 12.5. The summed E-state index contributed by atoms with van der Waals surface area (Å²) in [5.41, 5.74) is 0. The van der Waals surface area contributed by atoms with Crippen molar-refractivity contribution in [2.24, 2.45) is 0 Å². The maximum atomic E-state index is 12.5. The predicted octanol–water partition coefficient (Wildman–Crippen LogP) is -0.0248. The lowest BCUT2D eigenvalue weighted by Gasteiger charge is -2.44.